The van der Waals surface area contributed by atoms with Crippen LogP contribution in [0.1, 0.15) is 39.9 Å². The van der Waals surface area contributed by atoms with Crippen LogP contribution in [0.25, 0.3) is 0 Å². The molecule has 1 aromatic heterocycles. The van der Waals surface area contributed by atoms with Gasteiger partial charge < -0.3 is 10.5 Å². The molecule has 1 rings (SSSR count). The molecule has 1 heterocycles. The first-order chi connectivity index (χ1) is 9.51. The number of nitrogens with zero attached hydrogens (tertiary/aromatic N) is 3. The van der Waals surface area contributed by atoms with Crippen LogP contribution in [-0.2, 0) is 22.5 Å². The number of carbonyl (C=O) groups is 1. The second-order valence-electron chi connectivity index (χ2n) is 5.31. The monoisotopic (exact) mass is 282 g/mol. The van der Waals surface area contributed by atoms with E-state index >= 15 is 0 Å². The fourth-order valence-electron chi connectivity index (χ4n) is 2.28. The van der Waals surface area contributed by atoms with E-state index in [1.54, 1.807) is 6.92 Å². The molecule has 6 heteroatoms. The lowest BCUT2D eigenvalue weighted by atomic mass is 9.74. The van der Waals surface area contributed by atoms with Crippen molar-refractivity contribution in [1.29, 1.82) is 0 Å². The van der Waals surface area contributed by atoms with E-state index in [0.717, 1.165) is 18.8 Å². The Morgan fingerprint density at radius 1 is 1.50 bits per heavy atom. The Morgan fingerprint density at radius 2 is 2.20 bits per heavy atom. The van der Waals surface area contributed by atoms with Gasteiger partial charge in [-0.2, -0.15) is 5.10 Å². The lowest BCUT2D eigenvalue weighted by Crippen LogP contribution is -2.46. The van der Waals surface area contributed by atoms with Gasteiger partial charge in [0.2, 0.25) is 0 Å². The van der Waals surface area contributed by atoms with Crippen molar-refractivity contribution in [3.63, 3.8) is 0 Å². The van der Waals surface area contributed by atoms with Gasteiger partial charge in [-0.3, -0.25) is 9.48 Å². The number of aromatic nitrogens is 3. The zero-order chi connectivity index (χ0) is 15.2. The first-order valence-electron chi connectivity index (χ1n) is 7.25. The molecule has 0 bridgehead atoms. The summed E-state index contributed by atoms with van der Waals surface area (Å²) in [6.07, 6.45) is 2.95. The van der Waals surface area contributed by atoms with Gasteiger partial charge in [-0.1, -0.05) is 20.8 Å². The van der Waals surface area contributed by atoms with Crippen molar-refractivity contribution in [2.45, 2.75) is 47.1 Å². The van der Waals surface area contributed by atoms with Crippen LogP contribution in [0.15, 0.2) is 6.33 Å². The van der Waals surface area contributed by atoms with E-state index in [-0.39, 0.29) is 18.4 Å². The molecule has 1 unspecified atom stereocenters. The minimum absolute atomic E-state index is 0.0679. The summed E-state index contributed by atoms with van der Waals surface area (Å²) in [7, 11) is 0. The molecule has 0 aliphatic rings. The fraction of sp³-hybridized carbons (Fsp3) is 0.786. The second kappa shape index (κ2) is 7.38. The lowest BCUT2D eigenvalue weighted by molar-refractivity contribution is -0.158. The van der Waals surface area contributed by atoms with Crippen molar-refractivity contribution >= 4 is 5.97 Å². The number of nitrogens with two attached hydrogens (primary N) is 1. The summed E-state index contributed by atoms with van der Waals surface area (Å²) < 4.78 is 7.07. The van der Waals surface area contributed by atoms with Crippen molar-refractivity contribution < 1.29 is 9.53 Å². The normalized spacial score (nSPS) is 14.3. The van der Waals surface area contributed by atoms with Gasteiger partial charge in [-0.15, -0.1) is 0 Å². The maximum atomic E-state index is 12.4. The van der Waals surface area contributed by atoms with Crippen LogP contribution in [-0.4, -0.2) is 33.9 Å². The van der Waals surface area contributed by atoms with Crippen molar-refractivity contribution in [2.75, 3.05) is 13.2 Å². The zero-order valence-electron chi connectivity index (χ0n) is 12.9. The number of carbonyl (C=O) groups excluding carboxylic acids is 1. The molecule has 114 valence electrons. The summed E-state index contributed by atoms with van der Waals surface area (Å²) in [6, 6.07) is 0. The number of ether oxygens (including phenoxy) is 1. The maximum absolute atomic E-state index is 12.4. The highest BCUT2D eigenvalue weighted by atomic mass is 16.5. The molecule has 20 heavy (non-hydrogen) atoms. The number of hydrogen-bond acceptors (Lipinski definition) is 5. The van der Waals surface area contributed by atoms with E-state index in [2.05, 4.69) is 17.0 Å². The van der Waals surface area contributed by atoms with E-state index in [1.165, 1.54) is 6.33 Å². The Hall–Kier alpha value is -1.43. The molecule has 0 saturated carbocycles. The largest absolute Gasteiger partial charge is 0.466 e. The SMILES string of the molecule is CCCn1ncnc1CC(CN)(C(=O)OCC)C(C)C. The molecule has 1 aromatic rings. The predicted molar refractivity (Wildman–Crippen MR) is 77.0 cm³/mol. The highest BCUT2D eigenvalue weighted by Crippen LogP contribution is 2.32. The number of aryl methyl sites for hydroxylation is 1. The first kappa shape index (κ1) is 16.6. The van der Waals surface area contributed by atoms with E-state index in [0.29, 0.717) is 13.0 Å². The molecule has 1 atom stereocenters. The Balaban J connectivity index is 3.05. The van der Waals surface area contributed by atoms with Crippen LogP contribution in [0, 0.1) is 11.3 Å². The molecule has 0 spiro atoms. The fourth-order valence-corrected chi connectivity index (χ4v) is 2.28. The van der Waals surface area contributed by atoms with E-state index in [1.807, 2.05) is 18.5 Å². The van der Waals surface area contributed by atoms with Crippen LogP contribution < -0.4 is 5.73 Å². The topological polar surface area (TPSA) is 83.0 Å². The third kappa shape index (κ3) is 3.36. The molecule has 0 aliphatic heterocycles. The molecule has 0 aromatic carbocycles. The van der Waals surface area contributed by atoms with Crippen LogP contribution >= 0.6 is 0 Å². The number of hydrogen-bond donors (Lipinski definition) is 1. The quantitative estimate of drug-likeness (QED) is 0.729. The summed E-state index contributed by atoms with van der Waals surface area (Å²) in [5.74, 6) is 0.612. The van der Waals surface area contributed by atoms with E-state index < -0.39 is 5.41 Å². The minimum Gasteiger partial charge on any atom is -0.466 e. The summed E-state index contributed by atoms with van der Waals surface area (Å²) in [6.45, 7) is 9.25. The predicted octanol–water partition coefficient (Wildman–Crippen LogP) is 1.39. The van der Waals surface area contributed by atoms with Crippen molar-refractivity contribution in [1.82, 2.24) is 14.8 Å². The van der Waals surface area contributed by atoms with Gasteiger partial charge in [-0.25, -0.2) is 4.98 Å². The summed E-state index contributed by atoms with van der Waals surface area (Å²) in [5.41, 5.74) is 5.18. The van der Waals surface area contributed by atoms with Gasteiger partial charge >= 0.3 is 5.97 Å². The van der Waals surface area contributed by atoms with E-state index in [4.69, 9.17) is 10.5 Å². The molecule has 2 N–H and O–H groups in total. The van der Waals surface area contributed by atoms with Crippen LogP contribution in [0.3, 0.4) is 0 Å². The molecular weight excluding hydrogens is 256 g/mol. The van der Waals surface area contributed by atoms with E-state index in [9.17, 15) is 4.79 Å². The van der Waals surface area contributed by atoms with Gasteiger partial charge in [-0.05, 0) is 19.3 Å². The van der Waals surface area contributed by atoms with Gasteiger partial charge in [0.05, 0.1) is 12.0 Å². The highest BCUT2D eigenvalue weighted by Gasteiger charge is 2.43. The van der Waals surface area contributed by atoms with Crippen molar-refractivity contribution in [3.05, 3.63) is 12.2 Å². The zero-order valence-corrected chi connectivity index (χ0v) is 12.9. The Bertz CT molecular complexity index is 431. The number of rotatable bonds is 8. The summed E-state index contributed by atoms with van der Waals surface area (Å²) in [4.78, 5) is 16.7. The molecule has 0 aliphatic carbocycles. The molecule has 0 radical (unpaired) electrons. The van der Waals surface area contributed by atoms with Crippen molar-refractivity contribution in [2.24, 2.45) is 17.1 Å². The first-order valence-corrected chi connectivity index (χ1v) is 7.25. The van der Waals surface area contributed by atoms with Crippen LogP contribution in [0.2, 0.25) is 0 Å². The average Bonchev–Trinajstić information content (AvgIpc) is 2.83. The summed E-state index contributed by atoms with van der Waals surface area (Å²) >= 11 is 0. The van der Waals surface area contributed by atoms with Gasteiger partial charge in [0, 0.05) is 19.5 Å². The van der Waals surface area contributed by atoms with Gasteiger partial charge in [0.25, 0.3) is 0 Å². The maximum Gasteiger partial charge on any atom is 0.314 e. The summed E-state index contributed by atoms with van der Waals surface area (Å²) in [5, 5.41) is 4.20. The average molecular weight is 282 g/mol. The highest BCUT2D eigenvalue weighted by molar-refractivity contribution is 5.77. The van der Waals surface area contributed by atoms with Crippen LogP contribution in [0.4, 0.5) is 0 Å². The molecule has 0 saturated heterocycles. The standard InChI is InChI=1S/C14H26N4O2/c1-5-7-18-12(16-10-17-18)8-14(9-15,11(3)4)13(19)20-6-2/h10-11H,5-9,15H2,1-4H3. The number of esters is 1. The smallest absolute Gasteiger partial charge is 0.314 e. The third-order valence-corrected chi connectivity index (χ3v) is 3.76. The Morgan fingerprint density at radius 3 is 2.70 bits per heavy atom. The van der Waals surface area contributed by atoms with Crippen molar-refractivity contribution in [3.8, 4) is 0 Å². The minimum atomic E-state index is -0.742. The second-order valence-corrected chi connectivity index (χ2v) is 5.31. The lowest BCUT2D eigenvalue weighted by Gasteiger charge is -2.33. The molecule has 0 amide bonds. The van der Waals surface area contributed by atoms with Gasteiger partial charge in [0.15, 0.2) is 0 Å². The Kier molecular flexibility index (Phi) is 6.13. The molecular formula is C14H26N4O2. The third-order valence-electron chi connectivity index (χ3n) is 3.76. The molecule has 0 fully saturated rings. The van der Waals surface area contributed by atoms with Crippen LogP contribution in [0.5, 0.6) is 0 Å². The Labute approximate surface area is 120 Å². The van der Waals surface area contributed by atoms with Gasteiger partial charge in [0.1, 0.15) is 12.2 Å². The molecule has 6 nitrogen and oxygen atoms in total.